The first-order valence-corrected chi connectivity index (χ1v) is 10.7. The molecule has 9 heteroatoms. The van der Waals surface area contributed by atoms with Crippen molar-refractivity contribution in [3.8, 4) is 11.5 Å². The second-order valence-corrected chi connectivity index (χ2v) is 7.26. The van der Waals surface area contributed by atoms with Crippen LogP contribution in [0, 0.1) is 0 Å². The van der Waals surface area contributed by atoms with E-state index in [1.54, 1.807) is 73.7 Å². The first-order valence-electron chi connectivity index (χ1n) is 10.4. The predicted octanol–water partition coefficient (Wildman–Crippen LogP) is 3.84. The summed E-state index contributed by atoms with van der Waals surface area (Å²) in [5, 5.41) is 6.65. The van der Waals surface area contributed by atoms with E-state index in [-0.39, 0.29) is 17.9 Å². The van der Waals surface area contributed by atoms with Crippen LogP contribution in [-0.2, 0) is 4.79 Å². The van der Waals surface area contributed by atoms with Crippen LogP contribution in [0.3, 0.4) is 0 Å². The van der Waals surface area contributed by atoms with Crippen molar-refractivity contribution < 1.29 is 23.9 Å². The molecule has 0 unspecified atom stereocenters. The Morgan fingerprint density at radius 2 is 1.71 bits per heavy atom. The van der Waals surface area contributed by atoms with Crippen molar-refractivity contribution in [3.05, 3.63) is 94.5 Å². The smallest absolute Gasteiger partial charge is 0.343 e. The molecule has 8 nitrogen and oxygen atoms in total. The van der Waals surface area contributed by atoms with Crippen LogP contribution >= 0.6 is 11.6 Å². The largest absolute Gasteiger partial charge is 0.490 e. The second-order valence-electron chi connectivity index (χ2n) is 6.85. The Morgan fingerprint density at radius 1 is 0.971 bits per heavy atom. The molecule has 0 radical (unpaired) electrons. The summed E-state index contributed by atoms with van der Waals surface area (Å²) in [5.41, 5.74) is 3.62. The molecule has 0 saturated heterocycles. The molecule has 174 valence electrons. The van der Waals surface area contributed by atoms with Crippen molar-refractivity contribution in [2.24, 2.45) is 5.10 Å². The standard InChI is InChI=1S/C25H22ClN3O5/c1-2-33-22-14-17(12-13-21(22)34-25(32)18-8-4-3-5-9-18)15-28-29-23(30)16-27-24(31)19-10-6-7-11-20(19)26/h3-15H,2,16H2,1H3,(H,27,31)(H,29,30). The summed E-state index contributed by atoms with van der Waals surface area (Å²) in [6.07, 6.45) is 1.40. The number of carbonyl (C=O) groups is 3. The zero-order chi connectivity index (χ0) is 24.3. The van der Waals surface area contributed by atoms with Crippen LogP contribution in [-0.4, -0.2) is 37.1 Å². The average molecular weight is 480 g/mol. The van der Waals surface area contributed by atoms with E-state index in [0.717, 1.165) is 0 Å². The number of halogens is 1. The van der Waals surface area contributed by atoms with Gasteiger partial charge in [-0.1, -0.05) is 41.9 Å². The number of benzene rings is 3. The molecule has 3 rings (SSSR count). The number of amides is 2. The number of ether oxygens (including phenoxy) is 2. The lowest BCUT2D eigenvalue weighted by Crippen LogP contribution is -2.35. The summed E-state index contributed by atoms with van der Waals surface area (Å²) in [7, 11) is 0. The molecule has 0 aliphatic carbocycles. The molecule has 3 aromatic rings. The molecule has 0 fully saturated rings. The van der Waals surface area contributed by atoms with Gasteiger partial charge in [0.15, 0.2) is 11.5 Å². The number of esters is 1. The van der Waals surface area contributed by atoms with E-state index in [1.165, 1.54) is 6.21 Å². The third-order valence-corrected chi connectivity index (χ3v) is 4.74. The maximum atomic E-state index is 12.3. The highest BCUT2D eigenvalue weighted by Crippen LogP contribution is 2.29. The number of hydrogen-bond donors (Lipinski definition) is 2. The first-order chi connectivity index (χ1) is 16.5. The van der Waals surface area contributed by atoms with Gasteiger partial charge in [-0.3, -0.25) is 9.59 Å². The Hall–Kier alpha value is -4.17. The van der Waals surface area contributed by atoms with Gasteiger partial charge in [0, 0.05) is 0 Å². The number of carbonyl (C=O) groups excluding carboxylic acids is 3. The SMILES string of the molecule is CCOc1cc(C=NNC(=O)CNC(=O)c2ccccc2Cl)ccc1OC(=O)c1ccccc1. The van der Waals surface area contributed by atoms with Gasteiger partial charge in [0.05, 0.1) is 35.5 Å². The van der Waals surface area contributed by atoms with E-state index in [0.29, 0.717) is 28.5 Å². The third kappa shape index (κ3) is 6.91. The first kappa shape index (κ1) is 24.5. The van der Waals surface area contributed by atoms with E-state index in [2.05, 4.69) is 15.8 Å². The highest BCUT2D eigenvalue weighted by Gasteiger charge is 2.13. The maximum absolute atomic E-state index is 12.3. The van der Waals surface area contributed by atoms with Gasteiger partial charge < -0.3 is 14.8 Å². The van der Waals surface area contributed by atoms with E-state index >= 15 is 0 Å². The van der Waals surface area contributed by atoms with E-state index in [9.17, 15) is 14.4 Å². The lowest BCUT2D eigenvalue weighted by atomic mass is 10.2. The van der Waals surface area contributed by atoms with Crippen LogP contribution in [0.1, 0.15) is 33.2 Å². The topological polar surface area (TPSA) is 106 Å². The zero-order valence-corrected chi connectivity index (χ0v) is 19.0. The van der Waals surface area contributed by atoms with E-state index < -0.39 is 17.8 Å². The normalized spacial score (nSPS) is 10.5. The minimum absolute atomic E-state index is 0.263. The monoisotopic (exact) mass is 479 g/mol. The van der Waals surface area contributed by atoms with Crippen molar-refractivity contribution in [3.63, 3.8) is 0 Å². The van der Waals surface area contributed by atoms with Crippen LogP contribution in [0.4, 0.5) is 0 Å². The molecule has 34 heavy (non-hydrogen) atoms. The lowest BCUT2D eigenvalue weighted by Gasteiger charge is -2.11. The predicted molar refractivity (Wildman–Crippen MR) is 129 cm³/mol. The second kappa shape index (κ2) is 12.2. The molecular weight excluding hydrogens is 458 g/mol. The highest BCUT2D eigenvalue weighted by atomic mass is 35.5. The molecule has 0 bridgehead atoms. The summed E-state index contributed by atoms with van der Waals surface area (Å²) in [6.45, 7) is 1.89. The van der Waals surface area contributed by atoms with E-state index in [4.69, 9.17) is 21.1 Å². The summed E-state index contributed by atoms with van der Waals surface area (Å²) in [4.78, 5) is 36.4. The molecule has 3 aromatic carbocycles. The summed E-state index contributed by atoms with van der Waals surface area (Å²) in [5.74, 6) is -0.871. The van der Waals surface area contributed by atoms with Crippen LogP contribution in [0.15, 0.2) is 77.9 Å². The summed E-state index contributed by atoms with van der Waals surface area (Å²) < 4.78 is 11.0. The molecule has 0 aliphatic heterocycles. The van der Waals surface area contributed by atoms with Crippen LogP contribution < -0.4 is 20.2 Å². The van der Waals surface area contributed by atoms with Gasteiger partial charge in [-0.05, 0) is 55.0 Å². The van der Waals surface area contributed by atoms with Crippen molar-refractivity contribution in [2.75, 3.05) is 13.2 Å². The fraction of sp³-hybridized carbons (Fsp3) is 0.120. The molecule has 0 aromatic heterocycles. The quantitative estimate of drug-likeness (QED) is 0.210. The van der Waals surface area contributed by atoms with Gasteiger partial charge in [0.2, 0.25) is 0 Å². The molecule has 0 aliphatic rings. The average Bonchev–Trinajstić information content (AvgIpc) is 2.85. The number of rotatable bonds is 9. The molecule has 2 amide bonds. The van der Waals surface area contributed by atoms with Gasteiger partial charge >= 0.3 is 5.97 Å². The van der Waals surface area contributed by atoms with Gasteiger partial charge in [-0.15, -0.1) is 0 Å². The molecule has 2 N–H and O–H groups in total. The third-order valence-electron chi connectivity index (χ3n) is 4.41. The highest BCUT2D eigenvalue weighted by molar-refractivity contribution is 6.33. The van der Waals surface area contributed by atoms with Gasteiger partial charge in [-0.25, -0.2) is 10.2 Å². The van der Waals surface area contributed by atoms with Gasteiger partial charge in [0.1, 0.15) is 0 Å². The molecular formula is C25H22ClN3O5. The van der Waals surface area contributed by atoms with Crippen LogP contribution in [0.2, 0.25) is 5.02 Å². The minimum Gasteiger partial charge on any atom is -0.490 e. The Kier molecular flexibility index (Phi) is 8.76. The Balaban J connectivity index is 1.57. The molecule has 0 heterocycles. The van der Waals surface area contributed by atoms with Crippen molar-refractivity contribution in [2.45, 2.75) is 6.92 Å². The lowest BCUT2D eigenvalue weighted by molar-refractivity contribution is -0.120. The van der Waals surface area contributed by atoms with Crippen LogP contribution in [0.5, 0.6) is 11.5 Å². The fourth-order valence-corrected chi connectivity index (χ4v) is 3.03. The van der Waals surface area contributed by atoms with Crippen molar-refractivity contribution >= 4 is 35.6 Å². The Bertz CT molecular complexity index is 1200. The summed E-state index contributed by atoms with van der Waals surface area (Å²) in [6, 6.07) is 20.0. The maximum Gasteiger partial charge on any atom is 0.343 e. The van der Waals surface area contributed by atoms with Gasteiger partial charge in [0.25, 0.3) is 11.8 Å². The fourth-order valence-electron chi connectivity index (χ4n) is 2.81. The molecule has 0 saturated carbocycles. The van der Waals surface area contributed by atoms with Crippen molar-refractivity contribution in [1.82, 2.24) is 10.7 Å². The number of nitrogens with one attached hydrogen (secondary N) is 2. The molecule has 0 atom stereocenters. The van der Waals surface area contributed by atoms with E-state index in [1.807, 2.05) is 6.07 Å². The molecule has 0 spiro atoms. The summed E-state index contributed by atoms with van der Waals surface area (Å²) >= 11 is 5.97. The number of hydrazone groups is 1. The Morgan fingerprint density at radius 3 is 2.44 bits per heavy atom. The number of nitrogens with zero attached hydrogens (tertiary/aromatic N) is 1. The Labute approximate surface area is 201 Å². The number of hydrogen-bond acceptors (Lipinski definition) is 6. The zero-order valence-electron chi connectivity index (χ0n) is 18.3. The minimum atomic E-state index is -0.518. The van der Waals surface area contributed by atoms with Crippen molar-refractivity contribution in [1.29, 1.82) is 0 Å². The van der Waals surface area contributed by atoms with Crippen LogP contribution in [0.25, 0.3) is 0 Å². The van der Waals surface area contributed by atoms with Gasteiger partial charge in [-0.2, -0.15) is 5.10 Å².